The largest absolute Gasteiger partial charge is 0.324 e. The van der Waals surface area contributed by atoms with Crippen LogP contribution in [0.1, 0.15) is 30.6 Å². The number of ketones is 1. The molecule has 23 heavy (non-hydrogen) atoms. The van der Waals surface area contributed by atoms with Gasteiger partial charge in [-0.3, -0.25) is 9.78 Å². The summed E-state index contributed by atoms with van der Waals surface area (Å²) in [5.41, 5.74) is 2.01. The highest BCUT2D eigenvalue weighted by molar-refractivity contribution is 5.95. The minimum atomic E-state index is -0.930. The average Bonchev–Trinajstić information content (AvgIpc) is 2.86. The Balaban J connectivity index is 2.26. The summed E-state index contributed by atoms with van der Waals surface area (Å²) in [5.74, 6) is -1.39. The van der Waals surface area contributed by atoms with Gasteiger partial charge < -0.3 is 4.57 Å². The van der Waals surface area contributed by atoms with E-state index in [1.165, 1.54) is 13.1 Å². The molecule has 0 bridgehead atoms. The Morgan fingerprint density at radius 3 is 2.61 bits per heavy atom. The Hall–Kier alpha value is -2.63. The Labute approximate surface area is 131 Å². The fourth-order valence-corrected chi connectivity index (χ4v) is 2.55. The van der Waals surface area contributed by atoms with E-state index >= 15 is 0 Å². The number of hydrogen-bond acceptors (Lipinski definition) is 3. The maximum Gasteiger partial charge on any atom is 0.161 e. The highest BCUT2D eigenvalue weighted by Gasteiger charge is 2.16. The van der Waals surface area contributed by atoms with Gasteiger partial charge in [0.05, 0.1) is 11.0 Å². The summed E-state index contributed by atoms with van der Waals surface area (Å²) in [6.07, 6.45) is 3.88. The van der Waals surface area contributed by atoms with Crippen LogP contribution < -0.4 is 0 Å². The number of carbonyl (C=O) groups excluding carboxylic acids is 1. The predicted molar refractivity (Wildman–Crippen MR) is 83.2 cm³/mol. The molecule has 2 aromatic heterocycles. The second kappa shape index (κ2) is 5.87. The van der Waals surface area contributed by atoms with Crippen LogP contribution in [0, 0.1) is 11.6 Å². The van der Waals surface area contributed by atoms with Crippen molar-refractivity contribution in [3.8, 4) is 11.4 Å². The number of halogens is 2. The number of pyridine rings is 1. The van der Waals surface area contributed by atoms with Gasteiger partial charge in [-0.05, 0) is 19.4 Å². The molecule has 0 saturated heterocycles. The van der Waals surface area contributed by atoms with E-state index in [1.54, 1.807) is 12.3 Å². The van der Waals surface area contributed by atoms with E-state index < -0.39 is 11.6 Å². The number of fused-ring (bicyclic) bond motifs is 1. The zero-order valence-corrected chi connectivity index (χ0v) is 12.8. The summed E-state index contributed by atoms with van der Waals surface area (Å²) in [6.45, 7) is 4.04. The minimum absolute atomic E-state index is 0.102. The van der Waals surface area contributed by atoms with E-state index in [1.807, 2.05) is 11.5 Å². The number of imidazole rings is 1. The van der Waals surface area contributed by atoms with Gasteiger partial charge in [0.25, 0.3) is 0 Å². The molecule has 0 aliphatic heterocycles. The van der Waals surface area contributed by atoms with Gasteiger partial charge in [0.15, 0.2) is 17.4 Å². The van der Waals surface area contributed by atoms with E-state index in [9.17, 15) is 13.6 Å². The molecule has 4 nitrogen and oxygen atoms in total. The third-order valence-electron chi connectivity index (χ3n) is 3.64. The molecular weight excluding hydrogens is 300 g/mol. The van der Waals surface area contributed by atoms with Crippen LogP contribution in [-0.4, -0.2) is 20.3 Å². The van der Waals surface area contributed by atoms with Crippen LogP contribution in [0.15, 0.2) is 30.6 Å². The molecule has 0 spiro atoms. The molecule has 0 radical (unpaired) electrons. The molecule has 0 saturated carbocycles. The number of aromatic nitrogens is 3. The summed E-state index contributed by atoms with van der Waals surface area (Å²) in [6, 6.07) is 3.93. The Bertz CT molecular complexity index is 902. The summed E-state index contributed by atoms with van der Waals surface area (Å²) in [4.78, 5) is 20.0. The van der Waals surface area contributed by atoms with Crippen LogP contribution in [0.25, 0.3) is 22.4 Å². The summed E-state index contributed by atoms with van der Waals surface area (Å²) in [7, 11) is 0. The van der Waals surface area contributed by atoms with E-state index in [0.29, 0.717) is 34.5 Å². The fourth-order valence-electron chi connectivity index (χ4n) is 2.55. The zero-order valence-electron chi connectivity index (χ0n) is 12.8. The highest BCUT2D eigenvalue weighted by Crippen LogP contribution is 2.27. The lowest BCUT2D eigenvalue weighted by Crippen LogP contribution is -2.02. The molecule has 0 N–H and O–H groups in total. The molecule has 0 fully saturated rings. The van der Waals surface area contributed by atoms with Crippen LogP contribution in [0.5, 0.6) is 0 Å². The zero-order chi connectivity index (χ0) is 16.6. The second-order valence-corrected chi connectivity index (χ2v) is 5.36. The van der Waals surface area contributed by atoms with E-state index in [-0.39, 0.29) is 5.78 Å². The second-order valence-electron chi connectivity index (χ2n) is 5.36. The molecule has 118 valence electrons. The standard InChI is InChI=1S/C17H15F2N3O/c1-3-4-22-16-7-14(19)13(18)6-15(16)21-17(22)12-5-11(10(2)23)8-20-9-12/h5-9H,3-4H2,1-2H3. The molecular formula is C17H15F2N3O. The van der Waals surface area contributed by atoms with Crippen LogP contribution >= 0.6 is 0 Å². The first-order valence-electron chi connectivity index (χ1n) is 7.33. The number of benzene rings is 1. The fraction of sp³-hybridized carbons (Fsp3) is 0.235. The van der Waals surface area contributed by atoms with Gasteiger partial charge >= 0.3 is 0 Å². The lowest BCUT2D eigenvalue weighted by atomic mass is 10.1. The minimum Gasteiger partial charge on any atom is -0.324 e. The smallest absolute Gasteiger partial charge is 0.161 e. The molecule has 0 atom stereocenters. The van der Waals surface area contributed by atoms with Crippen molar-refractivity contribution in [2.24, 2.45) is 0 Å². The first kappa shape index (κ1) is 15.3. The third-order valence-corrected chi connectivity index (χ3v) is 3.64. The molecule has 3 aromatic rings. The van der Waals surface area contributed by atoms with Crippen LogP contribution in [0.2, 0.25) is 0 Å². The number of rotatable bonds is 4. The molecule has 2 heterocycles. The molecule has 0 unspecified atom stereocenters. The van der Waals surface area contributed by atoms with Crippen molar-refractivity contribution < 1.29 is 13.6 Å². The lowest BCUT2D eigenvalue weighted by molar-refractivity contribution is 0.101. The topological polar surface area (TPSA) is 47.8 Å². The maximum absolute atomic E-state index is 13.6. The average molecular weight is 315 g/mol. The Kier molecular flexibility index (Phi) is 3.90. The van der Waals surface area contributed by atoms with Gasteiger partial charge in [0, 0.05) is 42.2 Å². The normalized spacial score (nSPS) is 11.1. The SMILES string of the molecule is CCCn1c(-c2cncc(C(C)=O)c2)nc2cc(F)c(F)cc21. The molecule has 0 aliphatic rings. The quantitative estimate of drug-likeness (QED) is 0.684. The Morgan fingerprint density at radius 2 is 1.91 bits per heavy atom. The van der Waals surface area contributed by atoms with Crippen molar-refractivity contribution in [3.63, 3.8) is 0 Å². The highest BCUT2D eigenvalue weighted by atomic mass is 19.2. The van der Waals surface area contributed by atoms with Gasteiger partial charge in [0.2, 0.25) is 0 Å². The van der Waals surface area contributed by atoms with Crippen LogP contribution in [0.4, 0.5) is 8.78 Å². The van der Waals surface area contributed by atoms with Gasteiger partial charge in [-0.15, -0.1) is 0 Å². The number of nitrogens with zero attached hydrogens (tertiary/aromatic N) is 3. The van der Waals surface area contributed by atoms with Crippen molar-refractivity contribution in [1.29, 1.82) is 0 Å². The van der Waals surface area contributed by atoms with Crippen molar-refractivity contribution >= 4 is 16.8 Å². The van der Waals surface area contributed by atoms with Crippen LogP contribution in [-0.2, 0) is 6.54 Å². The van der Waals surface area contributed by atoms with Crippen molar-refractivity contribution in [2.45, 2.75) is 26.8 Å². The van der Waals surface area contributed by atoms with E-state index in [0.717, 1.165) is 18.6 Å². The van der Waals surface area contributed by atoms with E-state index in [2.05, 4.69) is 9.97 Å². The lowest BCUT2D eigenvalue weighted by Gasteiger charge is -2.08. The molecule has 6 heteroatoms. The van der Waals surface area contributed by atoms with E-state index in [4.69, 9.17) is 0 Å². The molecule has 3 rings (SSSR count). The van der Waals surface area contributed by atoms with Gasteiger partial charge in [0.1, 0.15) is 5.82 Å². The monoisotopic (exact) mass is 315 g/mol. The van der Waals surface area contributed by atoms with Crippen molar-refractivity contribution in [1.82, 2.24) is 14.5 Å². The first-order chi connectivity index (χ1) is 11.0. The molecule has 0 aliphatic carbocycles. The first-order valence-corrected chi connectivity index (χ1v) is 7.33. The summed E-state index contributed by atoms with van der Waals surface area (Å²) in [5, 5.41) is 0. The molecule has 0 amide bonds. The van der Waals surface area contributed by atoms with Gasteiger partial charge in [-0.2, -0.15) is 0 Å². The summed E-state index contributed by atoms with van der Waals surface area (Å²) < 4.78 is 28.9. The molecule has 1 aromatic carbocycles. The third kappa shape index (κ3) is 2.72. The maximum atomic E-state index is 13.6. The predicted octanol–water partition coefficient (Wildman–Crippen LogP) is 3.99. The van der Waals surface area contributed by atoms with Crippen molar-refractivity contribution in [3.05, 3.63) is 47.8 Å². The number of aryl methyl sites for hydroxylation is 1. The van der Waals surface area contributed by atoms with Gasteiger partial charge in [-0.1, -0.05) is 6.92 Å². The number of hydrogen-bond donors (Lipinski definition) is 0. The van der Waals surface area contributed by atoms with Crippen molar-refractivity contribution in [2.75, 3.05) is 0 Å². The number of carbonyl (C=O) groups is 1. The van der Waals surface area contributed by atoms with Crippen LogP contribution in [0.3, 0.4) is 0 Å². The number of Topliss-reactive ketones (excluding diaryl/α,β-unsaturated/α-hetero) is 1. The Morgan fingerprint density at radius 1 is 1.17 bits per heavy atom. The van der Waals surface area contributed by atoms with Gasteiger partial charge in [-0.25, -0.2) is 13.8 Å². The summed E-state index contributed by atoms with van der Waals surface area (Å²) >= 11 is 0.